The number of nitrogens with one attached hydrogen (secondary N) is 2. The van der Waals surface area contributed by atoms with Gasteiger partial charge in [0.15, 0.2) is 0 Å². The van der Waals surface area contributed by atoms with Gasteiger partial charge in [-0.25, -0.2) is 0 Å². The van der Waals surface area contributed by atoms with Crippen LogP contribution < -0.4 is 5.32 Å². The number of para-hydroxylation sites is 1. The Balaban J connectivity index is 0.00000131. The Kier molecular flexibility index (Phi) is 7.81. The smallest absolute Gasteiger partial charge is 0.0797 e. The van der Waals surface area contributed by atoms with Crippen LogP contribution in [0.5, 0.6) is 0 Å². The Morgan fingerprint density at radius 3 is 2.85 bits per heavy atom. The van der Waals surface area contributed by atoms with Crippen LogP contribution in [-0.4, -0.2) is 22.1 Å². The molecule has 3 aromatic rings. The first-order valence-electron chi connectivity index (χ1n) is 8.99. The fourth-order valence-corrected chi connectivity index (χ4v) is 4.07. The number of aromatic amines is 1. The molecule has 1 atom stereocenters. The van der Waals surface area contributed by atoms with Gasteiger partial charge in [-0.2, -0.15) is 0 Å². The summed E-state index contributed by atoms with van der Waals surface area (Å²) in [5, 5.41) is 14.0. The molecule has 27 heavy (non-hydrogen) atoms. The summed E-state index contributed by atoms with van der Waals surface area (Å²) in [5.74, 6) is 0. The Hall–Kier alpha value is -1.46. The van der Waals surface area contributed by atoms with E-state index in [1.807, 2.05) is 0 Å². The number of aryl methyl sites for hydroxylation is 2. The van der Waals surface area contributed by atoms with E-state index in [0.717, 1.165) is 37.6 Å². The van der Waals surface area contributed by atoms with E-state index in [0.29, 0.717) is 6.04 Å². The van der Waals surface area contributed by atoms with Crippen LogP contribution in [0.2, 0.25) is 0 Å². The summed E-state index contributed by atoms with van der Waals surface area (Å²) >= 11 is 0. The third-order valence-electron chi connectivity index (χ3n) is 5.30. The number of aliphatic hydroxyl groups excluding tert-OH is 1. The van der Waals surface area contributed by atoms with Gasteiger partial charge in [-0.05, 0) is 67.1 Å². The second kappa shape index (κ2) is 9.65. The standard InChI is InChI=1S/C22H24N2O.H2O.Y/c1-15-18(20-4-2-3-5-22(20)24-15)10-12-23-21-9-7-17-14-16(11-13-25)6-8-19(17)21;;/h2-6,8,11,13-14,21,23-25H,7,9-10,12H2,1H3;1H2;/b13-11+;;. The zero-order valence-electron chi connectivity index (χ0n) is 15.6. The normalized spacial score (nSPS) is 15.5. The molecule has 1 aromatic heterocycles. The zero-order chi connectivity index (χ0) is 17.2. The fourth-order valence-electron chi connectivity index (χ4n) is 4.07. The quantitative estimate of drug-likeness (QED) is 0.526. The second-order valence-corrected chi connectivity index (χ2v) is 6.84. The summed E-state index contributed by atoms with van der Waals surface area (Å²) in [5.41, 5.74) is 7.80. The molecule has 0 amide bonds. The molecule has 4 nitrogen and oxygen atoms in total. The first kappa shape index (κ1) is 21.8. The molecule has 1 heterocycles. The Labute approximate surface area is 185 Å². The maximum atomic E-state index is 8.93. The molecule has 0 aliphatic heterocycles. The van der Waals surface area contributed by atoms with Gasteiger partial charge in [-0.3, -0.25) is 0 Å². The van der Waals surface area contributed by atoms with E-state index >= 15 is 0 Å². The number of rotatable bonds is 5. The van der Waals surface area contributed by atoms with Crippen molar-refractivity contribution in [2.75, 3.05) is 6.54 Å². The van der Waals surface area contributed by atoms with Crippen LogP contribution in [-0.2, 0) is 45.6 Å². The molecule has 2 aromatic carbocycles. The monoisotopic (exact) mass is 439 g/mol. The summed E-state index contributed by atoms with van der Waals surface area (Å²) in [7, 11) is 0. The summed E-state index contributed by atoms with van der Waals surface area (Å²) in [6, 6.07) is 15.4. The summed E-state index contributed by atoms with van der Waals surface area (Å²) in [6.45, 7) is 3.14. The van der Waals surface area contributed by atoms with Crippen molar-refractivity contribution in [2.24, 2.45) is 0 Å². The van der Waals surface area contributed by atoms with E-state index in [2.05, 4.69) is 59.7 Å². The van der Waals surface area contributed by atoms with Gasteiger partial charge in [-0.15, -0.1) is 0 Å². The van der Waals surface area contributed by atoms with Crippen LogP contribution in [0.1, 0.15) is 40.4 Å². The Bertz CT molecular complexity index is 933. The van der Waals surface area contributed by atoms with Crippen molar-refractivity contribution in [3.63, 3.8) is 0 Å². The predicted molar refractivity (Wildman–Crippen MR) is 108 cm³/mol. The van der Waals surface area contributed by atoms with E-state index in [9.17, 15) is 0 Å². The largest absolute Gasteiger partial charge is 0.516 e. The molecule has 0 saturated heterocycles. The number of aromatic nitrogens is 1. The van der Waals surface area contributed by atoms with Crippen molar-refractivity contribution >= 4 is 17.0 Å². The zero-order valence-corrected chi connectivity index (χ0v) is 18.5. The average Bonchev–Trinajstić information content (AvgIpc) is 3.16. The predicted octanol–water partition coefficient (Wildman–Crippen LogP) is 4.00. The molecular formula is C22H26N2O2Y. The minimum absolute atomic E-state index is 0. The van der Waals surface area contributed by atoms with Gasteiger partial charge >= 0.3 is 0 Å². The molecule has 5 N–H and O–H groups in total. The summed E-state index contributed by atoms with van der Waals surface area (Å²) < 4.78 is 0. The molecule has 139 valence electrons. The van der Waals surface area contributed by atoms with Gasteiger partial charge in [0.25, 0.3) is 0 Å². The number of aliphatic hydroxyl groups is 1. The van der Waals surface area contributed by atoms with Crippen LogP contribution in [0, 0.1) is 6.92 Å². The maximum absolute atomic E-state index is 8.93. The van der Waals surface area contributed by atoms with Crippen molar-refractivity contribution in [3.8, 4) is 0 Å². The van der Waals surface area contributed by atoms with Crippen molar-refractivity contribution in [3.05, 3.63) is 76.7 Å². The molecule has 0 spiro atoms. The number of benzene rings is 2. The molecule has 0 saturated carbocycles. The topological polar surface area (TPSA) is 79.5 Å². The van der Waals surface area contributed by atoms with Gasteiger partial charge < -0.3 is 20.9 Å². The maximum Gasteiger partial charge on any atom is 0.0797 e. The number of H-pyrrole nitrogens is 1. The summed E-state index contributed by atoms with van der Waals surface area (Å²) in [6.07, 6.45) is 6.13. The van der Waals surface area contributed by atoms with Gasteiger partial charge in [0.1, 0.15) is 0 Å². The molecular weight excluding hydrogens is 413 g/mol. The summed E-state index contributed by atoms with van der Waals surface area (Å²) in [4.78, 5) is 3.48. The molecule has 1 radical (unpaired) electrons. The van der Waals surface area contributed by atoms with Crippen LogP contribution in [0.3, 0.4) is 0 Å². The SMILES string of the molecule is Cc1[nH]c2ccccc2c1CCNC1CCc2cc(/C=C/O)ccc21.O.[Y]. The molecule has 0 fully saturated rings. The van der Waals surface area contributed by atoms with Crippen molar-refractivity contribution in [1.82, 2.24) is 10.3 Å². The van der Waals surface area contributed by atoms with Gasteiger partial charge in [-0.1, -0.05) is 36.4 Å². The molecule has 5 heteroatoms. The molecule has 1 aliphatic carbocycles. The second-order valence-electron chi connectivity index (χ2n) is 6.84. The third-order valence-corrected chi connectivity index (χ3v) is 5.30. The van der Waals surface area contributed by atoms with Crippen LogP contribution in [0.4, 0.5) is 0 Å². The molecule has 4 rings (SSSR count). The van der Waals surface area contributed by atoms with E-state index < -0.39 is 0 Å². The van der Waals surface area contributed by atoms with Gasteiger partial charge in [0, 0.05) is 55.3 Å². The first-order chi connectivity index (χ1) is 12.3. The Morgan fingerprint density at radius 1 is 1.22 bits per heavy atom. The van der Waals surface area contributed by atoms with Gasteiger partial charge in [0.05, 0.1) is 6.26 Å². The van der Waals surface area contributed by atoms with E-state index in [-0.39, 0.29) is 38.2 Å². The van der Waals surface area contributed by atoms with Gasteiger partial charge in [0.2, 0.25) is 0 Å². The number of hydrogen-bond acceptors (Lipinski definition) is 2. The van der Waals surface area contributed by atoms with E-state index in [4.69, 9.17) is 5.11 Å². The third kappa shape index (κ3) is 4.52. The average molecular weight is 439 g/mol. The molecule has 0 bridgehead atoms. The van der Waals surface area contributed by atoms with Crippen molar-refractivity contribution in [2.45, 2.75) is 32.2 Å². The van der Waals surface area contributed by atoms with E-state index in [1.54, 1.807) is 6.08 Å². The molecule has 1 unspecified atom stereocenters. The van der Waals surface area contributed by atoms with E-state index in [1.165, 1.54) is 33.3 Å². The minimum atomic E-state index is 0. The number of hydrogen-bond donors (Lipinski definition) is 3. The molecule has 1 aliphatic rings. The van der Waals surface area contributed by atoms with Crippen LogP contribution in [0.15, 0.2) is 48.7 Å². The number of fused-ring (bicyclic) bond motifs is 2. The van der Waals surface area contributed by atoms with Crippen molar-refractivity contribution in [1.29, 1.82) is 0 Å². The van der Waals surface area contributed by atoms with Crippen LogP contribution >= 0.6 is 0 Å². The first-order valence-corrected chi connectivity index (χ1v) is 8.99. The Morgan fingerprint density at radius 2 is 2.04 bits per heavy atom. The van der Waals surface area contributed by atoms with Crippen LogP contribution in [0.25, 0.3) is 17.0 Å². The fraction of sp³-hybridized carbons (Fsp3) is 0.273. The minimum Gasteiger partial charge on any atom is -0.516 e. The van der Waals surface area contributed by atoms with Crippen molar-refractivity contribution < 1.29 is 43.3 Å².